The predicted molar refractivity (Wildman–Crippen MR) is 105 cm³/mol. The third-order valence-corrected chi connectivity index (χ3v) is 4.79. The van der Waals surface area contributed by atoms with Gasteiger partial charge in [0.25, 0.3) is 11.6 Å². The van der Waals surface area contributed by atoms with Crippen LogP contribution >= 0.6 is 11.6 Å². The molecule has 0 aliphatic carbocycles. The minimum atomic E-state index is -0.942. The topological polar surface area (TPSA) is 102 Å². The van der Waals surface area contributed by atoms with Gasteiger partial charge in [-0.25, -0.2) is 0 Å². The van der Waals surface area contributed by atoms with E-state index in [4.69, 9.17) is 16.3 Å². The molecule has 0 radical (unpaired) electrons. The van der Waals surface area contributed by atoms with Gasteiger partial charge < -0.3 is 10.1 Å². The number of para-hydroxylation sites is 1. The number of non-ortho nitro benzene ring substituents is 1. The average Bonchev–Trinajstić information content (AvgIpc) is 2.68. The molecule has 1 heterocycles. The van der Waals surface area contributed by atoms with Crippen LogP contribution in [0.1, 0.15) is 20.3 Å². The standard InChI is InChI=1S/C19H18ClN3O5/c1-3-16-19(25)22(15-10-12(23(26)27)8-9-17(15)28-16)11(2)18(24)21-14-7-5-4-6-13(14)20/h4-11,16H,3H2,1-2H3,(H,21,24). The van der Waals surface area contributed by atoms with Gasteiger partial charge in [-0.3, -0.25) is 24.6 Å². The lowest BCUT2D eigenvalue weighted by Crippen LogP contribution is -2.53. The highest BCUT2D eigenvalue weighted by Gasteiger charge is 2.39. The molecule has 2 amide bonds. The molecule has 146 valence electrons. The number of hydrogen-bond donors (Lipinski definition) is 1. The van der Waals surface area contributed by atoms with Gasteiger partial charge in [0, 0.05) is 12.1 Å². The smallest absolute Gasteiger partial charge is 0.271 e. The number of anilines is 2. The Hall–Kier alpha value is -3.13. The number of nitrogens with zero attached hydrogens (tertiary/aromatic N) is 2. The number of carbonyl (C=O) groups excluding carboxylic acids is 2. The number of ether oxygens (including phenoxy) is 1. The lowest BCUT2D eigenvalue weighted by Gasteiger charge is -2.36. The van der Waals surface area contributed by atoms with Crippen molar-refractivity contribution in [2.45, 2.75) is 32.4 Å². The highest BCUT2D eigenvalue weighted by molar-refractivity contribution is 6.33. The first-order valence-electron chi connectivity index (χ1n) is 8.67. The Morgan fingerprint density at radius 2 is 2.07 bits per heavy atom. The maximum atomic E-state index is 12.9. The van der Waals surface area contributed by atoms with Crippen LogP contribution in [0.5, 0.6) is 5.75 Å². The average molecular weight is 404 g/mol. The van der Waals surface area contributed by atoms with Crippen LogP contribution < -0.4 is 15.0 Å². The molecule has 0 fully saturated rings. The molecule has 28 heavy (non-hydrogen) atoms. The number of nitro groups is 1. The van der Waals surface area contributed by atoms with Crippen LogP contribution in [-0.2, 0) is 9.59 Å². The van der Waals surface area contributed by atoms with E-state index in [1.807, 2.05) is 0 Å². The summed E-state index contributed by atoms with van der Waals surface area (Å²) in [6, 6.07) is 9.75. The van der Waals surface area contributed by atoms with Gasteiger partial charge in [0.1, 0.15) is 11.8 Å². The summed E-state index contributed by atoms with van der Waals surface area (Å²) < 4.78 is 5.66. The SMILES string of the molecule is CCC1Oc2ccc([N+](=O)[O-])cc2N(C(C)C(=O)Nc2ccccc2Cl)C1=O. The summed E-state index contributed by atoms with van der Waals surface area (Å²) in [6.07, 6.45) is -0.380. The maximum Gasteiger partial charge on any atom is 0.271 e. The maximum absolute atomic E-state index is 12.9. The zero-order valence-electron chi connectivity index (χ0n) is 15.2. The molecule has 3 rings (SSSR count). The lowest BCUT2D eigenvalue weighted by molar-refractivity contribution is -0.384. The highest BCUT2D eigenvalue weighted by Crippen LogP contribution is 2.38. The molecular formula is C19H18ClN3O5. The summed E-state index contributed by atoms with van der Waals surface area (Å²) in [5.74, 6) is -0.595. The molecule has 0 aromatic heterocycles. The van der Waals surface area contributed by atoms with E-state index in [-0.39, 0.29) is 11.4 Å². The first-order valence-corrected chi connectivity index (χ1v) is 9.04. The Morgan fingerprint density at radius 3 is 2.71 bits per heavy atom. The Labute approximate surface area is 166 Å². The fourth-order valence-corrected chi connectivity index (χ4v) is 3.14. The van der Waals surface area contributed by atoms with Gasteiger partial charge in [-0.2, -0.15) is 0 Å². The number of nitrogens with one attached hydrogen (secondary N) is 1. The largest absolute Gasteiger partial charge is 0.478 e. The van der Waals surface area contributed by atoms with Gasteiger partial charge in [0.15, 0.2) is 6.10 Å². The van der Waals surface area contributed by atoms with Crippen LogP contribution in [0, 0.1) is 10.1 Å². The number of nitro benzene ring substituents is 1. The number of fused-ring (bicyclic) bond motifs is 1. The van der Waals surface area contributed by atoms with Gasteiger partial charge in [-0.05, 0) is 31.5 Å². The number of rotatable bonds is 5. The summed E-state index contributed by atoms with van der Waals surface area (Å²) in [7, 11) is 0. The molecule has 0 saturated heterocycles. The number of benzene rings is 2. The molecule has 1 N–H and O–H groups in total. The van der Waals surface area contributed by atoms with Crippen LogP contribution in [0.15, 0.2) is 42.5 Å². The molecule has 2 unspecified atom stereocenters. The number of carbonyl (C=O) groups is 2. The highest BCUT2D eigenvalue weighted by atomic mass is 35.5. The fraction of sp³-hybridized carbons (Fsp3) is 0.263. The minimum Gasteiger partial charge on any atom is -0.478 e. The lowest BCUT2D eigenvalue weighted by atomic mass is 10.1. The summed E-state index contributed by atoms with van der Waals surface area (Å²) in [5.41, 5.74) is 0.396. The number of hydrogen-bond acceptors (Lipinski definition) is 5. The Kier molecular flexibility index (Phi) is 5.51. The van der Waals surface area contributed by atoms with Crippen molar-refractivity contribution < 1.29 is 19.2 Å². The molecular weight excluding hydrogens is 386 g/mol. The van der Waals surface area contributed by atoms with Crippen LogP contribution in [0.3, 0.4) is 0 Å². The van der Waals surface area contributed by atoms with Crippen molar-refractivity contribution in [3.05, 3.63) is 57.6 Å². The molecule has 2 aromatic carbocycles. The van der Waals surface area contributed by atoms with Gasteiger partial charge in [-0.1, -0.05) is 30.7 Å². The predicted octanol–water partition coefficient (Wildman–Crippen LogP) is 3.78. The van der Waals surface area contributed by atoms with Crippen LogP contribution in [0.25, 0.3) is 0 Å². The van der Waals surface area contributed by atoms with Crippen molar-refractivity contribution in [3.63, 3.8) is 0 Å². The molecule has 8 nitrogen and oxygen atoms in total. The van der Waals surface area contributed by atoms with E-state index in [2.05, 4.69) is 5.32 Å². The van der Waals surface area contributed by atoms with Crippen LogP contribution in [-0.4, -0.2) is 28.9 Å². The normalized spacial score (nSPS) is 16.8. The van der Waals surface area contributed by atoms with E-state index in [0.29, 0.717) is 22.9 Å². The molecule has 1 aliphatic heterocycles. The van der Waals surface area contributed by atoms with Crippen molar-refractivity contribution in [2.75, 3.05) is 10.2 Å². The number of amides is 2. The summed E-state index contributed by atoms with van der Waals surface area (Å²) >= 11 is 6.08. The number of halogens is 1. The van der Waals surface area contributed by atoms with Crippen molar-refractivity contribution in [1.82, 2.24) is 0 Å². The molecule has 2 atom stereocenters. The molecule has 0 saturated carbocycles. The van der Waals surface area contributed by atoms with E-state index >= 15 is 0 Å². The third-order valence-electron chi connectivity index (χ3n) is 4.46. The van der Waals surface area contributed by atoms with E-state index in [1.165, 1.54) is 23.1 Å². The van der Waals surface area contributed by atoms with Gasteiger partial charge in [0.2, 0.25) is 5.91 Å². The zero-order chi connectivity index (χ0) is 20.4. The molecule has 1 aliphatic rings. The van der Waals surface area contributed by atoms with Crippen molar-refractivity contribution in [2.24, 2.45) is 0 Å². The van der Waals surface area contributed by atoms with Gasteiger partial charge in [0.05, 0.1) is 21.3 Å². The second-order valence-corrected chi connectivity index (χ2v) is 6.68. The molecule has 0 spiro atoms. The Balaban J connectivity index is 1.97. The fourth-order valence-electron chi connectivity index (χ4n) is 2.96. The third kappa shape index (κ3) is 3.63. The summed E-state index contributed by atoms with van der Waals surface area (Å²) in [6.45, 7) is 3.33. The molecule has 0 bridgehead atoms. The summed E-state index contributed by atoms with van der Waals surface area (Å²) in [4.78, 5) is 37.5. The quantitative estimate of drug-likeness (QED) is 0.604. The van der Waals surface area contributed by atoms with Crippen molar-refractivity contribution in [3.8, 4) is 5.75 Å². The van der Waals surface area contributed by atoms with Crippen molar-refractivity contribution in [1.29, 1.82) is 0 Å². The molecule has 9 heteroatoms. The monoisotopic (exact) mass is 403 g/mol. The van der Waals surface area contributed by atoms with E-state index in [0.717, 1.165) is 0 Å². The minimum absolute atomic E-state index is 0.186. The van der Waals surface area contributed by atoms with Crippen molar-refractivity contribution >= 4 is 40.5 Å². The van der Waals surface area contributed by atoms with E-state index in [1.54, 1.807) is 38.1 Å². The second kappa shape index (κ2) is 7.85. The van der Waals surface area contributed by atoms with Gasteiger partial charge >= 0.3 is 0 Å². The van der Waals surface area contributed by atoms with E-state index in [9.17, 15) is 19.7 Å². The summed E-state index contributed by atoms with van der Waals surface area (Å²) in [5, 5.41) is 14.2. The van der Waals surface area contributed by atoms with Gasteiger partial charge in [-0.15, -0.1) is 0 Å². The second-order valence-electron chi connectivity index (χ2n) is 6.28. The van der Waals surface area contributed by atoms with Crippen LogP contribution in [0.4, 0.5) is 17.1 Å². The first kappa shape index (κ1) is 19.6. The molecule has 2 aromatic rings. The zero-order valence-corrected chi connectivity index (χ0v) is 16.0. The van der Waals surface area contributed by atoms with E-state index < -0.39 is 28.9 Å². The first-order chi connectivity index (χ1) is 13.3. The van der Waals surface area contributed by atoms with Crippen LogP contribution in [0.2, 0.25) is 5.02 Å². The Morgan fingerprint density at radius 1 is 1.36 bits per heavy atom. The Bertz CT molecular complexity index is 949.